The Morgan fingerprint density at radius 3 is 2.26 bits per heavy atom. The Morgan fingerprint density at radius 2 is 1.74 bits per heavy atom. The summed E-state index contributed by atoms with van der Waals surface area (Å²) in [5, 5.41) is 6.63. The number of rotatable bonds is 7. The molecule has 0 unspecified atom stereocenters. The largest absolute Gasteiger partial charge is 0.369 e. The van der Waals surface area contributed by atoms with Crippen molar-refractivity contribution in [1.29, 1.82) is 0 Å². The van der Waals surface area contributed by atoms with E-state index in [-0.39, 0.29) is 0 Å². The van der Waals surface area contributed by atoms with E-state index in [9.17, 15) is 0 Å². The number of hydrogen-bond acceptors (Lipinski definition) is 4. The average molecular weight is 264 g/mol. The molecule has 0 saturated carbocycles. The number of anilines is 2. The number of nitrogens with zero attached hydrogens (tertiary/aromatic N) is 2. The van der Waals surface area contributed by atoms with Crippen LogP contribution in [0.2, 0.25) is 0 Å². The van der Waals surface area contributed by atoms with Crippen LogP contribution >= 0.6 is 0 Å². The molecule has 1 heterocycles. The lowest BCUT2D eigenvalue weighted by molar-refractivity contribution is 0.304. The minimum absolute atomic E-state index is 0.650. The molecule has 0 aliphatic carbocycles. The fraction of sp³-hybridized carbons (Fsp3) is 0.733. The van der Waals surface area contributed by atoms with Crippen LogP contribution in [0.5, 0.6) is 0 Å². The monoisotopic (exact) mass is 264 g/mol. The van der Waals surface area contributed by atoms with Gasteiger partial charge in [0.15, 0.2) is 0 Å². The van der Waals surface area contributed by atoms with Gasteiger partial charge in [0.25, 0.3) is 0 Å². The van der Waals surface area contributed by atoms with E-state index in [0.29, 0.717) is 23.7 Å². The van der Waals surface area contributed by atoms with Crippen molar-refractivity contribution in [2.24, 2.45) is 17.8 Å². The van der Waals surface area contributed by atoms with Crippen LogP contribution in [-0.2, 0) is 0 Å². The minimum Gasteiger partial charge on any atom is -0.369 e. The normalized spacial score (nSPS) is 11.4. The smallest absolute Gasteiger partial charge is 0.224 e. The zero-order valence-corrected chi connectivity index (χ0v) is 13.1. The van der Waals surface area contributed by atoms with Gasteiger partial charge in [-0.05, 0) is 31.6 Å². The number of hydrogen-bond donors (Lipinski definition) is 2. The molecule has 4 nitrogen and oxygen atoms in total. The Kier molecular flexibility index (Phi) is 6.06. The first-order chi connectivity index (χ1) is 8.95. The van der Waals surface area contributed by atoms with Gasteiger partial charge in [-0.2, -0.15) is 4.98 Å². The molecule has 0 aromatic carbocycles. The highest BCUT2D eigenvalue weighted by molar-refractivity contribution is 5.46. The van der Waals surface area contributed by atoms with E-state index >= 15 is 0 Å². The number of aryl methyl sites for hydroxylation is 1. The second-order valence-corrected chi connectivity index (χ2v) is 5.79. The van der Waals surface area contributed by atoms with E-state index in [4.69, 9.17) is 0 Å². The first kappa shape index (κ1) is 15.7. The van der Waals surface area contributed by atoms with Crippen molar-refractivity contribution in [3.63, 3.8) is 0 Å². The van der Waals surface area contributed by atoms with Gasteiger partial charge < -0.3 is 10.6 Å². The average Bonchev–Trinajstić information content (AvgIpc) is 2.32. The van der Waals surface area contributed by atoms with Crippen LogP contribution in [0.3, 0.4) is 0 Å². The summed E-state index contributed by atoms with van der Waals surface area (Å²) in [7, 11) is 0. The molecule has 0 aliphatic heterocycles. The Labute approximate surface area is 117 Å². The van der Waals surface area contributed by atoms with Gasteiger partial charge in [-0.1, -0.05) is 27.7 Å². The lowest BCUT2D eigenvalue weighted by Crippen LogP contribution is -2.25. The predicted octanol–water partition coefficient (Wildman–Crippen LogP) is 3.56. The fourth-order valence-corrected chi connectivity index (χ4v) is 2.32. The van der Waals surface area contributed by atoms with Crippen molar-refractivity contribution in [3.8, 4) is 0 Å². The van der Waals surface area contributed by atoms with Crippen molar-refractivity contribution in [2.45, 2.75) is 41.5 Å². The molecule has 2 N–H and O–H groups in total. The van der Waals surface area contributed by atoms with Crippen LogP contribution in [0.4, 0.5) is 11.8 Å². The Hall–Kier alpha value is -1.32. The zero-order valence-electron chi connectivity index (χ0n) is 13.1. The summed E-state index contributed by atoms with van der Waals surface area (Å²) in [6.07, 6.45) is 1.87. The van der Waals surface area contributed by atoms with Crippen LogP contribution in [0, 0.1) is 24.7 Å². The van der Waals surface area contributed by atoms with Crippen LogP contribution in [-0.4, -0.2) is 23.1 Å². The van der Waals surface area contributed by atoms with E-state index in [1.54, 1.807) is 0 Å². The van der Waals surface area contributed by atoms with Gasteiger partial charge in [0, 0.05) is 24.8 Å². The molecule has 0 spiro atoms. The van der Waals surface area contributed by atoms with Gasteiger partial charge in [0.1, 0.15) is 5.82 Å². The van der Waals surface area contributed by atoms with E-state index in [0.717, 1.165) is 24.5 Å². The second kappa shape index (κ2) is 7.31. The predicted molar refractivity (Wildman–Crippen MR) is 82.6 cm³/mol. The molecule has 1 aromatic rings. The molecule has 19 heavy (non-hydrogen) atoms. The van der Waals surface area contributed by atoms with Crippen molar-refractivity contribution >= 4 is 11.8 Å². The van der Waals surface area contributed by atoms with E-state index in [2.05, 4.69) is 48.3 Å². The van der Waals surface area contributed by atoms with E-state index < -0.39 is 0 Å². The summed E-state index contributed by atoms with van der Waals surface area (Å²) in [4.78, 5) is 8.78. The minimum atomic E-state index is 0.650. The second-order valence-electron chi connectivity index (χ2n) is 5.79. The summed E-state index contributed by atoms with van der Waals surface area (Å²) in [5.41, 5.74) is 1.09. The summed E-state index contributed by atoms with van der Waals surface area (Å²) in [6, 6.07) is 0. The molecule has 0 bridgehead atoms. The van der Waals surface area contributed by atoms with Crippen LogP contribution in [0.1, 0.15) is 40.2 Å². The van der Waals surface area contributed by atoms with Crippen molar-refractivity contribution in [2.75, 3.05) is 23.7 Å². The Balaban J connectivity index is 2.72. The lowest BCUT2D eigenvalue weighted by atomic mass is 9.85. The Morgan fingerprint density at radius 1 is 1.11 bits per heavy atom. The van der Waals surface area contributed by atoms with Gasteiger partial charge in [0.2, 0.25) is 5.95 Å². The van der Waals surface area contributed by atoms with Crippen molar-refractivity contribution in [3.05, 3.63) is 11.8 Å². The molecule has 0 atom stereocenters. The first-order valence-electron chi connectivity index (χ1n) is 7.27. The molecular weight excluding hydrogens is 236 g/mol. The standard InChI is InChI=1S/C15H28N4/c1-7-16-15-18-8-12(6)14(19-15)17-9-13(10(2)3)11(4)5/h8,10-11,13H,7,9H2,1-6H3,(H2,16,17,18,19). The zero-order chi connectivity index (χ0) is 14.4. The SMILES string of the molecule is CCNc1ncc(C)c(NCC(C(C)C)C(C)C)n1. The molecular formula is C15H28N4. The molecule has 0 fully saturated rings. The molecule has 4 heteroatoms. The topological polar surface area (TPSA) is 49.8 Å². The van der Waals surface area contributed by atoms with Gasteiger partial charge in [-0.15, -0.1) is 0 Å². The lowest BCUT2D eigenvalue weighted by Gasteiger charge is -2.25. The van der Waals surface area contributed by atoms with Gasteiger partial charge >= 0.3 is 0 Å². The summed E-state index contributed by atoms with van der Waals surface area (Å²) < 4.78 is 0. The number of nitrogens with one attached hydrogen (secondary N) is 2. The molecule has 0 saturated heterocycles. The molecule has 0 radical (unpaired) electrons. The van der Waals surface area contributed by atoms with Crippen LogP contribution < -0.4 is 10.6 Å². The highest BCUT2D eigenvalue weighted by Crippen LogP contribution is 2.22. The highest BCUT2D eigenvalue weighted by atomic mass is 15.1. The van der Waals surface area contributed by atoms with Gasteiger partial charge in [-0.25, -0.2) is 4.98 Å². The third-order valence-corrected chi connectivity index (χ3v) is 3.52. The number of aromatic nitrogens is 2. The molecule has 0 amide bonds. The Bertz CT molecular complexity index is 380. The summed E-state index contributed by atoms with van der Waals surface area (Å²) in [6.45, 7) is 15.0. The summed E-state index contributed by atoms with van der Waals surface area (Å²) in [5.74, 6) is 3.63. The molecule has 108 valence electrons. The highest BCUT2D eigenvalue weighted by Gasteiger charge is 2.17. The van der Waals surface area contributed by atoms with Crippen molar-refractivity contribution < 1.29 is 0 Å². The van der Waals surface area contributed by atoms with E-state index in [1.807, 2.05) is 20.0 Å². The maximum Gasteiger partial charge on any atom is 0.224 e. The van der Waals surface area contributed by atoms with Gasteiger partial charge in [0.05, 0.1) is 0 Å². The fourth-order valence-electron chi connectivity index (χ4n) is 2.32. The van der Waals surface area contributed by atoms with Crippen molar-refractivity contribution in [1.82, 2.24) is 9.97 Å². The van der Waals surface area contributed by atoms with Crippen LogP contribution in [0.25, 0.3) is 0 Å². The molecule has 1 rings (SSSR count). The first-order valence-corrected chi connectivity index (χ1v) is 7.27. The van der Waals surface area contributed by atoms with E-state index in [1.165, 1.54) is 0 Å². The third-order valence-electron chi connectivity index (χ3n) is 3.52. The molecule has 0 aliphatic rings. The molecule has 1 aromatic heterocycles. The maximum atomic E-state index is 4.52. The van der Waals surface area contributed by atoms with Gasteiger partial charge in [-0.3, -0.25) is 0 Å². The third kappa shape index (κ3) is 4.69. The maximum absolute atomic E-state index is 4.52. The summed E-state index contributed by atoms with van der Waals surface area (Å²) >= 11 is 0. The quantitative estimate of drug-likeness (QED) is 0.790. The van der Waals surface area contributed by atoms with Crippen LogP contribution in [0.15, 0.2) is 6.20 Å².